The highest BCUT2D eigenvalue weighted by Crippen LogP contribution is 2.25. The first-order valence-electron chi connectivity index (χ1n) is 8.26. The van der Waals surface area contributed by atoms with Crippen molar-refractivity contribution in [3.63, 3.8) is 0 Å². The van der Waals surface area contributed by atoms with Crippen LogP contribution in [0.1, 0.15) is 46.5 Å². The Morgan fingerprint density at radius 1 is 1.15 bits per heavy atom. The van der Waals surface area contributed by atoms with E-state index >= 15 is 0 Å². The number of carbonyl (C=O) groups excluding carboxylic acids is 1. The molecule has 2 saturated heterocycles. The van der Waals surface area contributed by atoms with Gasteiger partial charge in [0.2, 0.25) is 5.91 Å². The molecular formula is C16H31N3O. The monoisotopic (exact) mass is 281 g/mol. The highest BCUT2D eigenvalue weighted by atomic mass is 16.2. The third-order valence-corrected chi connectivity index (χ3v) is 5.34. The van der Waals surface area contributed by atoms with Crippen LogP contribution < -0.4 is 5.73 Å². The Hall–Kier alpha value is -0.610. The fraction of sp³-hybridized carbons (Fsp3) is 0.938. The molecule has 2 aliphatic heterocycles. The van der Waals surface area contributed by atoms with E-state index in [1.165, 1.54) is 12.8 Å². The Bertz CT molecular complexity index is 324. The summed E-state index contributed by atoms with van der Waals surface area (Å²) in [6.07, 6.45) is 4.72. The van der Waals surface area contributed by atoms with Crippen molar-refractivity contribution >= 4 is 5.91 Å². The van der Waals surface area contributed by atoms with Crippen LogP contribution in [0.3, 0.4) is 0 Å². The van der Waals surface area contributed by atoms with Crippen molar-refractivity contribution < 1.29 is 4.79 Å². The quantitative estimate of drug-likeness (QED) is 0.856. The van der Waals surface area contributed by atoms with E-state index in [1.807, 2.05) is 0 Å². The summed E-state index contributed by atoms with van der Waals surface area (Å²) >= 11 is 0. The van der Waals surface area contributed by atoms with Gasteiger partial charge >= 0.3 is 0 Å². The molecule has 4 heteroatoms. The predicted octanol–water partition coefficient (Wildman–Crippen LogP) is 1.69. The van der Waals surface area contributed by atoms with Crippen LogP contribution in [0, 0.1) is 11.8 Å². The maximum atomic E-state index is 12.6. The summed E-state index contributed by atoms with van der Waals surface area (Å²) in [6, 6.07) is 0.806. The summed E-state index contributed by atoms with van der Waals surface area (Å²) in [5, 5.41) is 0. The maximum Gasteiger partial charge on any atom is 0.237 e. The third-order valence-electron chi connectivity index (χ3n) is 5.34. The molecule has 0 radical (unpaired) electrons. The van der Waals surface area contributed by atoms with Crippen LogP contribution in [-0.4, -0.2) is 54.0 Å². The molecule has 4 atom stereocenters. The molecule has 1 amide bonds. The van der Waals surface area contributed by atoms with Crippen molar-refractivity contribution in [2.45, 2.75) is 58.5 Å². The van der Waals surface area contributed by atoms with Gasteiger partial charge in [0, 0.05) is 18.6 Å². The number of nitrogens with two attached hydrogens (primary N) is 1. The zero-order valence-electron chi connectivity index (χ0n) is 13.3. The van der Waals surface area contributed by atoms with E-state index in [9.17, 15) is 4.79 Å². The molecule has 2 heterocycles. The molecule has 20 heavy (non-hydrogen) atoms. The Balaban J connectivity index is 1.90. The molecule has 0 aliphatic carbocycles. The van der Waals surface area contributed by atoms with Crippen molar-refractivity contribution in [1.82, 2.24) is 9.80 Å². The average Bonchev–Trinajstić information content (AvgIpc) is 2.40. The lowest BCUT2D eigenvalue weighted by Crippen LogP contribution is -2.53. The predicted molar refractivity (Wildman–Crippen MR) is 82.4 cm³/mol. The maximum absolute atomic E-state index is 12.6. The molecule has 0 bridgehead atoms. The highest BCUT2D eigenvalue weighted by Gasteiger charge is 2.32. The van der Waals surface area contributed by atoms with Gasteiger partial charge in [-0.1, -0.05) is 6.92 Å². The van der Waals surface area contributed by atoms with Crippen molar-refractivity contribution in [2.75, 3.05) is 26.2 Å². The van der Waals surface area contributed by atoms with Gasteiger partial charge in [-0.3, -0.25) is 9.69 Å². The van der Waals surface area contributed by atoms with E-state index < -0.39 is 0 Å². The number of rotatable bonds is 3. The van der Waals surface area contributed by atoms with Gasteiger partial charge in [0.1, 0.15) is 0 Å². The molecule has 4 nitrogen and oxygen atoms in total. The minimum atomic E-state index is 0.315. The molecule has 4 unspecified atom stereocenters. The van der Waals surface area contributed by atoms with Crippen LogP contribution >= 0.6 is 0 Å². The molecule has 2 N–H and O–H groups in total. The van der Waals surface area contributed by atoms with Crippen LogP contribution in [0.25, 0.3) is 0 Å². The van der Waals surface area contributed by atoms with Gasteiger partial charge in [0.25, 0.3) is 0 Å². The smallest absolute Gasteiger partial charge is 0.237 e. The number of amides is 1. The zero-order chi connectivity index (χ0) is 14.7. The largest absolute Gasteiger partial charge is 0.336 e. The van der Waals surface area contributed by atoms with Gasteiger partial charge in [0.05, 0.1) is 6.54 Å². The molecule has 116 valence electrons. The lowest BCUT2D eigenvalue weighted by atomic mass is 9.87. The van der Waals surface area contributed by atoms with Gasteiger partial charge in [-0.2, -0.15) is 0 Å². The number of nitrogens with zero attached hydrogens (tertiary/aromatic N) is 2. The second kappa shape index (κ2) is 6.90. The Morgan fingerprint density at radius 2 is 1.80 bits per heavy atom. The first-order valence-corrected chi connectivity index (χ1v) is 8.26. The Kier molecular flexibility index (Phi) is 5.44. The Labute approximate surface area is 123 Å². The minimum Gasteiger partial charge on any atom is -0.336 e. The van der Waals surface area contributed by atoms with Crippen molar-refractivity contribution in [2.24, 2.45) is 17.6 Å². The van der Waals surface area contributed by atoms with Gasteiger partial charge < -0.3 is 10.6 Å². The molecule has 0 aromatic rings. The molecule has 2 aliphatic rings. The molecule has 2 fully saturated rings. The summed E-state index contributed by atoms with van der Waals surface area (Å²) in [5.41, 5.74) is 5.85. The zero-order valence-corrected chi connectivity index (χ0v) is 13.3. The number of hydrogen-bond donors (Lipinski definition) is 1. The highest BCUT2D eigenvalue weighted by molar-refractivity contribution is 5.79. The number of likely N-dealkylation sites (tertiary alicyclic amines) is 2. The molecule has 0 aromatic heterocycles. The molecule has 0 aromatic carbocycles. The first kappa shape index (κ1) is 15.8. The SMILES string of the molecule is CC1CCN(CC(=O)N2C(C)CCCC2C)CC1CN. The van der Waals surface area contributed by atoms with Gasteiger partial charge in [-0.05, 0) is 64.5 Å². The Morgan fingerprint density at radius 3 is 2.40 bits per heavy atom. The lowest BCUT2D eigenvalue weighted by molar-refractivity contribution is -0.139. The number of piperidine rings is 2. The summed E-state index contributed by atoms with van der Waals surface area (Å²) in [4.78, 5) is 17.1. The van der Waals surface area contributed by atoms with Gasteiger partial charge in [-0.15, -0.1) is 0 Å². The molecule has 0 spiro atoms. The minimum absolute atomic E-state index is 0.315. The first-order chi connectivity index (χ1) is 9.52. The second-order valence-electron chi connectivity index (χ2n) is 6.93. The van der Waals surface area contributed by atoms with Gasteiger partial charge in [-0.25, -0.2) is 0 Å². The number of hydrogen-bond acceptors (Lipinski definition) is 3. The topological polar surface area (TPSA) is 49.6 Å². The van der Waals surface area contributed by atoms with E-state index in [2.05, 4.69) is 30.6 Å². The van der Waals surface area contributed by atoms with Crippen molar-refractivity contribution in [1.29, 1.82) is 0 Å². The van der Waals surface area contributed by atoms with Crippen LogP contribution in [0.15, 0.2) is 0 Å². The molecule has 0 saturated carbocycles. The van der Waals surface area contributed by atoms with E-state index in [4.69, 9.17) is 5.73 Å². The fourth-order valence-corrected chi connectivity index (χ4v) is 3.86. The van der Waals surface area contributed by atoms with E-state index in [0.29, 0.717) is 36.4 Å². The van der Waals surface area contributed by atoms with Gasteiger partial charge in [0.15, 0.2) is 0 Å². The summed E-state index contributed by atoms with van der Waals surface area (Å²) in [5.74, 6) is 1.56. The summed E-state index contributed by atoms with van der Waals surface area (Å²) in [7, 11) is 0. The van der Waals surface area contributed by atoms with E-state index in [-0.39, 0.29) is 0 Å². The third kappa shape index (κ3) is 3.53. The lowest BCUT2D eigenvalue weighted by Gasteiger charge is -2.42. The van der Waals surface area contributed by atoms with Crippen LogP contribution in [-0.2, 0) is 4.79 Å². The molecule has 2 rings (SSSR count). The second-order valence-corrected chi connectivity index (χ2v) is 6.93. The van der Waals surface area contributed by atoms with Crippen LogP contribution in [0.2, 0.25) is 0 Å². The molecular weight excluding hydrogens is 250 g/mol. The van der Waals surface area contributed by atoms with Crippen molar-refractivity contribution in [3.8, 4) is 0 Å². The van der Waals surface area contributed by atoms with Crippen LogP contribution in [0.4, 0.5) is 0 Å². The average molecular weight is 281 g/mol. The number of carbonyl (C=O) groups is 1. The summed E-state index contributed by atoms with van der Waals surface area (Å²) in [6.45, 7) is 10.0. The normalized spacial score (nSPS) is 36.1. The fourth-order valence-electron chi connectivity index (χ4n) is 3.86. The standard InChI is InChI=1S/C16H31N3O/c1-12-7-8-18(10-15(12)9-17)11-16(20)19-13(2)5-4-6-14(19)3/h12-15H,4-11,17H2,1-3H3. The summed E-state index contributed by atoms with van der Waals surface area (Å²) < 4.78 is 0. The van der Waals surface area contributed by atoms with Crippen LogP contribution in [0.5, 0.6) is 0 Å². The van der Waals surface area contributed by atoms with Crippen molar-refractivity contribution in [3.05, 3.63) is 0 Å². The van der Waals surface area contributed by atoms with E-state index in [1.54, 1.807) is 0 Å². The van der Waals surface area contributed by atoms with E-state index in [0.717, 1.165) is 32.5 Å².